The molecule has 0 aromatic heterocycles. The molecular weight excluding hydrogens is 250 g/mol. The molecule has 0 unspecified atom stereocenters. The van der Waals surface area contributed by atoms with Crippen molar-refractivity contribution in [1.29, 1.82) is 0 Å². The highest BCUT2D eigenvalue weighted by Gasteiger charge is 2.35. The summed E-state index contributed by atoms with van der Waals surface area (Å²) in [6, 6.07) is 2.75. The van der Waals surface area contributed by atoms with Gasteiger partial charge >= 0.3 is 0 Å². The minimum Gasteiger partial charge on any atom is -0.313 e. The molecule has 0 spiro atoms. The van der Waals surface area contributed by atoms with Crippen LogP contribution in [0.15, 0.2) is 23.1 Å². The van der Waals surface area contributed by atoms with Gasteiger partial charge < -0.3 is 5.32 Å². The van der Waals surface area contributed by atoms with Crippen LogP contribution in [-0.2, 0) is 10.0 Å². The number of likely N-dealkylation sites (N-methyl/N-ethyl adjacent to an activating group) is 1. The molecule has 0 bridgehead atoms. The van der Waals surface area contributed by atoms with E-state index < -0.39 is 26.6 Å². The van der Waals surface area contributed by atoms with Crippen LogP contribution in [0.1, 0.15) is 0 Å². The van der Waals surface area contributed by atoms with Crippen molar-refractivity contribution < 1.29 is 17.2 Å². The summed E-state index contributed by atoms with van der Waals surface area (Å²) in [4.78, 5) is -0.880. The average molecular weight is 262 g/mol. The SMILES string of the molecule is CN(C1CNC1)S(=O)(=O)c1c(F)cccc1F. The van der Waals surface area contributed by atoms with Crippen LogP contribution in [0.5, 0.6) is 0 Å². The lowest BCUT2D eigenvalue weighted by molar-refractivity contribution is 0.272. The van der Waals surface area contributed by atoms with E-state index in [4.69, 9.17) is 0 Å². The second-order valence-corrected chi connectivity index (χ2v) is 5.82. The van der Waals surface area contributed by atoms with E-state index in [9.17, 15) is 17.2 Å². The predicted octanol–water partition coefficient (Wildman–Crippen LogP) is 0.557. The fraction of sp³-hybridized carbons (Fsp3) is 0.400. The minimum atomic E-state index is -4.12. The van der Waals surface area contributed by atoms with Gasteiger partial charge in [-0.05, 0) is 12.1 Å². The molecule has 0 saturated carbocycles. The summed E-state index contributed by atoms with van der Waals surface area (Å²) in [6.45, 7) is 0.984. The summed E-state index contributed by atoms with van der Waals surface area (Å²) in [7, 11) is -2.79. The normalized spacial score (nSPS) is 17.2. The van der Waals surface area contributed by atoms with Crippen molar-refractivity contribution in [2.45, 2.75) is 10.9 Å². The Hall–Kier alpha value is -1.05. The molecule has 94 valence electrons. The third-order valence-electron chi connectivity index (χ3n) is 2.83. The lowest BCUT2D eigenvalue weighted by Crippen LogP contribution is -2.57. The first-order chi connectivity index (χ1) is 7.94. The van der Waals surface area contributed by atoms with Crippen LogP contribution in [0.25, 0.3) is 0 Å². The van der Waals surface area contributed by atoms with Crippen molar-refractivity contribution in [2.24, 2.45) is 0 Å². The van der Waals surface area contributed by atoms with E-state index in [1.807, 2.05) is 0 Å². The maximum absolute atomic E-state index is 13.4. The molecule has 1 heterocycles. The van der Waals surface area contributed by atoms with Gasteiger partial charge in [-0.25, -0.2) is 17.2 Å². The molecule has 1 aromatic rings. The van der Waals surface area contributed by atoms with Gasteiger partial charge in [-0.3, -0.25) is 0 Å². The Morgan fingerprint density at radius 2 is 1.82 bits per heavy atom. The van der Waals surface area contributed by atoms with Crippen molar-refractivity contribution >= 4 is 10.0 Å². The molecule has 0 amide bonds. The summed E-state index contributed by atoms with van der Waals surface area (Å²) >= 11 is 0. The van der Waals surface area contributed by atoms with Crippen LogP contribution in [0.2, 0.25) is 0 Å². The van der Waals surface area contributed by atoms with Crippen molar-refractivity contribution in [1.82, 2.24) is 9.62 Å². The van der Waals surface area contributed by atoms with Crippen molar-refractivity contribution in [2.75, 3.05) is 20.1 Å². The maximum Gasteiger partial charge on any atom is 0.249 e. The van der Waals surface area contributed by atoms with Crippen LogP contribution >= 0.6 is 0 Å². The molecule has 0 radical (unpaired) electrons. The van der Waals surface area contributed by atoms with E-state index in [1.54, 1.807) is 0 Å². The highest BCUT2D eigenvalue weighted by Crippen LogP contribution is 2.23. The van der Waals surface area contributed by atoms with Crippen LogP contribution in [0, 0.1) is 11.6 Å². The van der Waals surface area contributed by atoms with Crippen LogP contribution in [-0.4, -0.2) is 38.9 Å². The second kappa shape index (κ2) is 4.32. The van der Waals surface area contributed by atoms with Gasteiger partial charge in [-0.15, -0.1) is 0 Å². The average Bonchev–Trinajstić information content (AvgIpc) is 2.13. The zero-order valence-electron chi connectivity index (χ0n) is 9.15. The van der Waals surface area contributed by atoms with Crippen molar-refractivity contribution in [3.8, 4) is 0 Å². The van der Waals surface area contributed by atoms with Gasteiger partial charge in [-0.2, -0.15) is 4.31 Å². The van der Waals surface area contributed by atoms with Crippen LogP contribution < -0.4 is 5.32 Å². The minimum absolute atomic E-state index is 0.251. The summed E-state index contributed by atoms with van der Waals surface area (Å²) < 4.78 is 51.9. The Balaban J connectivity index is 2.44. The zero-order chi connectivity index (χ0) is 12.6. The smallest absolute Gasteiger partial charge is 0.249 e. The first kappa shape index (κ1) is 12.4. The largest absolute Gasteiger partial charge is 0.313 e. The Morgan fingerprint density at radius 3 is 2.24 bits per heavy atom. The molecule has 4 nitrogen and oxygen atoms in total. The van der Waals surface area contributed by atoms with E-state index in [2.05, 4.69) is 5.32 Å². The topological polar surface area (TPSA) is 49.4 Å². The van der Waals surface area contributed by atoms with Gasteiger partial charge in [0.25, 0.3) is 0 Å². The first-order valence-electron chi connectivity index (χ1n) is 5.07. The van der Waals surface area contributed by atoms with Crippen molar-refractivity contribution in [3.05, 3.63) is 29.8 Å². The number of nitrogens with one attached hydrogen (secondary N) is 1. The van der Waals surface area contributed by atoms with E-state index in [0.29, 0.717) is 13.1 Å². The van der Waals surface area contributed by atoms with Gasteiger partial charge in [0.05, 0.1) is 0 Å². The molecule has 2 rings (SSSR count). The highest BCUT2D eigenvalue weighted by molar-refractivity contribution is 7.89. The molecule has 1 aromatic carbocycles. The monoisotopic (exact) mass is 262 g/mol. The molecule has 1 saturated heterocycles. The Labute approximate surface area is 98.3 Å². The van der Waals surface area contributed by atoms with Crippen LogP contribution in [0.4, 0.5) is 8.78 Å². The van der Waals surface area contributed by atoms with Gasteiger partial charge in [0.1, 0.15) is 11.6 Å². The predicted molar refractivity (Wildman–Crippen MR) is 58.0 cm³/mol. The number of halogens is 2. The molecular formula is C10H12F2N2O2S. The number of hydrogen-bond acceptors (Lipinski definition) is 3. The summed E-state index contributed by atoms with van der Waals surface area (Å²) in [6.07, 6.45) is 0. The maximum atomic E-state index is 13.4. The third-order valence-corrected chi connectivity index (χ3v) is 4.79. The molecule has 1 fully saturated rings. The fourth-order valence-electron chi connectivity index (χ4n) is 1.60. The molecule has 1 aliphatic rings. The van der Waals surface area contributed by atoms with Gasteiger partial charge in [0.15, 0.2) is 4.90 Å². The summed E-state index contributed by atoms with van der Waals surface area (Å²) in [5.74, 6) is -2.13. The molecule has 1 N–H and O–H groups in total. The number of rotatable bonds is 3. The standard InChI is InChI=1S/C10H12F2N2O2S/c1-14(7-5-13-6-7)17(15,16)10-8(11)3-2-4-9(10)12/h2-4,7,13H,5-6H2,1H3. The van der Waals surface area contributed by atoms with Crippen molar-refractivity contribution in [3.63, 3.8) is 0 Å². The van der Waals surface area contributed by atoms with E-state index in [-0.39, 0.29) is 6.04 Å². The lowest BCUT2D eigenvalue weighted by Gasteiger charge is -2.34. The van der Waals surface area contributed by atoms with Gasteiger partial charge in [0, 0.05) is 26.2 Å². The lowest BCUT2D eigenvalue weighted by atomic mass is 10.2. The van der Waals surface area contributed by atoms with E-state index in [0.717, 1.165) is 22.5 Å². The van der Waals surface area contributed by atoms with Gasteiger partial charge in [-0.1, -0.05) is 6.07 Å². The van der Waals surface area contributed by atoms with E-state index >= 15 is 0 Å². The first-order valence-corrected chi connectivity index (χ1v) is 6.51. The second-order valence-electron chi connectivity index (χ2n) is 3.88. The van der Waals surface area contributed by atoms with Crippen LogP contribution in [0.3, 0.4) is 0 Å². The number of sulfonamides is 1. The third kappa shape index (κ3) is 2.05. The summed E-state index contributed by atoms with van der Waals surface area (Å²) in [5, 5.41) is 2.90. The Bertz CT molecular complexity index is 509. The Morgan fingerprint density at radius 1 is 1.29 bits per heavy atom. The van der Waals surface area contributed by atoms with E-state index in [1.165, 1.54) is 7.05 Å². The number of benzene rings is 1. The van der Waals surface area contributed by atoms with Gasteiger partial charge in [0.2, 0.25) is 10.0 Å². The molecule has 0 aliphatic carbocycles. The summed E-state index contributed by atoms with van der Waals surface area (Å²) in [5.41, 5.74) is 0. The number of hydrogen-bond donors (Lipinski definition) is 1. The Kier molecular flexibility index (Phi) is 3.15. The molecule has 7 heteroatoms. The quantitative estimate of drug-likeness (QED) is 0.866. The highest BCUT2D eigenvalue weighted by atomic mass is 32.2. The molecule has 17 heavy (non-hydrogen) atoms. The fourth-order valence-corrected chi connectivity index (χ4v) is 3.06. The zero-order valence-corrected chi connectivity index (χ0v) is 9.97. The molecule has 0 atom stereocenters. The number of nitrogens with zero attached hydrogens (tertiary/aromatic N) is 1. The molecule has 1 aliphatic heterocycles.